The third kappa shape index (κ3) is 5.41. The molecule has 0 bridgehead atoms. The van der Waals surface area contributed by atoms with Crippen LogP contribution in [0.5, 0.6) is 0 Å². The quantitative estimate of drug-likeness (QED) is 0.490. The summed E-state index contributed by atoms with van der Waals surface area (Å²) in [6.07, 6.45) is 1.27. The second-order valence-corrected chi connectivity index (χ2v) is 9.68. The van der Waals surface area contributed by atoms with Gasteiger partial charge in [-0.05, 0) is 53.4 Å². The number of alkyl carbamates (subject to hydrolysis) is 1. The predicted molar refractivity (Wildman–Crippen MR) is 128 cm³/mol. The van der Waals surface area contributed by atoms with Crippen molar-refractivity contribution in [3.05, 3.63) is 59.7 Å². The van der Waals surface area contributed by atoms with Gasteiger partial charge in [0, 0.05) is 18.4 Å². The average Bonchev–Trinajstić information content (AvgIpc) is 3.54. The Kier molecular flexibility index (Phi) is 7.20. The van der Waals surface area contributed by atoms with E-state index in [-0.39, 0.29) is 30.3 Å². The van der Waals surface area contributed by atoms with Gasteiger partial charge in [-0.25, -0.2) is 9.59 Å². The number of carboxylic acid groups (broad SMARTS) is 1. The summed E-state index contributed by atoms with van der Waals surface area (Å²) in [6.45, 7) is 4.61. The van der Waals surface area contributed by atoms with Crippen molar-refractivity contribution >= 4 is 18.0 Å². The summed E-state index contributed by atoms with van der Waals surface area (Å²) in [7, 11) is 0. The number of carbonyl (C=O) groups excluding carboxylic acids is 2. The van der Waals surface area contributed by atoms with Gasteiger partial charge in [0.15, 0.2) is 0 Å². The summed E-state index contributed by atoms with van der Waals surface area (Å²) >= 11 is 0. The zero-order chi connectivity index (χ0) is 24.2. The molecule has 4 rings (SSSR count). The van der Waals surface area contributed by atoms with Crippen molar-refractivity contribution in [2.24, 2.45) is 17.8 Å². The third-order valence-electron chi connectivity index (χ3n) is 6.76. The molecule has 34 heavy (non-hydrogen) atoms. The zero-order valence-electron chi connectivity index (χ0n) is 19.6. The Morgan fingerprint density at radius 1 is 1.00 bits per heavy atom. The van der Waals surface area contributed by atoms with Crippen LogP contribution in [-0.4, -0.2) is 42.3 Å². The standard InChI is InChI=1S/C27H32N2O5/c1-16(2)11-12-24(26(31)32)29-25(30)22-13-17(22)14-28-27(33)34-15-23-20-9-5-3-7-18(20)19-8-4-6-10-21(19)23/h3-10,16-17,22-24H,11-15H2,1-2H3,(H,28,33)(H,29,30)(H,31,32)/t17-,22-,24?/m0/s1. The van der Waals surface area contributed by atoms with Crippen molar-refractivity contribution in [3.63, 3.8) is 0 Å². The Morgan fingerprint density at radius 2 is 1.62 bits per heavy atom. The first-order chi connectivity index (χ1) is 16.3. The Labute approximate surface area is 199 Å². The lowest BCUT2D eigenvalue weighted by atomic mass is 9.98. The van der Waals surface area contributed by atoms with Crippen LogP contribution in [0.15, 0.2) is 48.5 Å². The molecule has 0 spiro atoms. The van der Waals surface area contributed by atoms with E-state index in [0.717, 1.165) is 17.5 Å². The number of fused-ring (bicyclic) bond motifs is 3. The van der Waals surface area contributed by atoms with Crippen LogP contribution in [0, 0.1) is 17.8 Å². The SMILES string of the molecule is CC(C)CCC(NC(=O)[C@H]1C[C@H]1CNC(=O)OCC1c2ccccc2-c2ccccc21)C(=O)O. The number of hydrogen-bond donors (Lipinski definition) is 3. The van der Waals surface area contributed by atoms with Gasteiger partial charge in [0.25, 0.3) is 0 Å². The van der Waals surface area contributed by atoms with Crippen molar-refractivity contribution in [2.75, 3.05) is 13.2 Å². The molecule has 2 aromatic carbocycles. The Morgan fingerprint density at radius 3 is 2.21 bits per heavy atom. The summed E-state index contributed by atoms with van der Waals surface area (Å²) in [6, 6.07) is 15.5. The van der Waals surface area contributed by atoms with Gasteiger partial charge in [-0.2, -0.15) is 0 Å². The maximum absolute atomic E-state index is 12.4. The first kappa shape index (κ1) is 23.8. The molecule has 7 nitrogen and oxygen atoms in total. The molecule has 1 fully saturated rings. The van der Waals surface area contributed by atoms with Crippen molar-refractivity contribution in [1.82, 2.24) is 10.6 Å². The topological polar surface area (TPSA) is 105 Å². The van der Waals surface area contributed by atoms with Gasteiger partial charge in [-0.15, -0.1) is 0 Å². The van der Waals surface area contributed by atoms with Crippen LogP contribution >= 0.6 is 0 Å². The first-order valence-electron chi connectivity index (χ1n) is 12.0. The number of nitrogens with one attached hydrogen (secondary N) is 2. The highest BCUT2D eigenvalue weighted by molar-refractivity contribution is 5.86. The summed E-state index contributed by atoms with van der Waals surface area (Å²) < 4.78 is 5.54. The largest absolute Gasteiger partial charge is 0.480 e. The molecule has 0 aliphatic heterocycles. The highest BCUT2D eigenvalue weighted by Gasteiger charge is 2.44. The number of hydrogen-bond acceptors (Lipinski definition) is 4. The van der Waals surface area contributed by atoms with Crippen LogP contribution in [0.1, 0.15) is 50.2 Å². The van der Waals surface area contributed by atoms with Crippen molar-refractivity contribution in [1.29, 1.82) is 0 Å². The van der Waals surface area contributed by atoms with Crippen LogP contribution in [0.4, 0.5) is 4.79 Å². The van der Waals surface area contributed by atoms with Gasteiger partial charge in [-0.3, -0.25) is 4.79 Å². The summed E-state index contributed by atoms with van der Waals surface area (Å²) in [5.74, 6) is -1.17. The Hall–Kier alpha value is -3.35. The van der Waals surface area contributed by atoms with Crippen LogP contribution < -0.4 is 10.6 Å². The van der Waals surface area contributed by atoms with Gasteiger partial charge in [-0.1, -0.05) is 62.4 Å². The van der Waals surface area contributed by atoms with Crippen LogP contribution in [0.3, 0.4) is 0 Å². The predicted octanol–water partition coefficient (Wildman–Crippen LogP) is 4.17. The molecule has 180 valence electrons. The van der Waals surface area contributed by atoms with Crippen molar-refractivity contribution in [3.8, 4) is 11.1 Å². The lowest BCUT2D eigenvalue weighted by Gasteiger charge is -2.16. The van der Waals surface area contributed by atoms with E-state index in [4.69, 9.17) is 4.74 Å². The highest BCUT2D eigenvalue weighted by atomic mass is 16.5. The van der Waals surface area contributed by atoms with Gasteiger partial charge >= 0.3 is 12.1 Å². The number of rotatable bonds is 10. The van der Waals surface area contributed by atoms with E-state index >= 15 is 0 Å². The van der Waals surface area contributed by atoms with E-state index in [1.165, 1.54) is 11.1 Å². The fraction of sp³-hybridized carbons (Fsp3) is 0.444. The molecule has 7 heteroatoms. The number of ether oxygens (including phenoxy) is 1. The minimum absolute atomic E-state index is 0.0000242. The van der Waals surface area contributed by atoms with E-state index in [2.05, 4.69) is 34.9 Å². The van der Waals surface area contributed by atoms with Crippen molar-refractivity contribution < 1.29 is 24.2 Å². The summed E-state index contributed by atoms with van der Waals surface area (Å²) in [4.78, 5) is 36.2. The lowest BCUT2D eigenvalue weighted by molar-refractivity contribution is -0.142. The lowest BCUT2D eigenvalue weighted by Crippen LogP contribution is -2.42. The van der Waals surface area contributed by atoms with Gasteiger partial charge < -0.3 is 20.5 Å². The normalized spacial score (nSPS) is 19.1. The highest BCUT2D eigenvalue weighted by Crippen LogP contribution is 2.44. The van der Waals surface area contributed by atoms with Gasteiger partial charge in [0.1, 0.15) is 12.6 Å². The molecule has 2 amide bonds. The average molecular weight is 465 g/mol. The molecular formula is C27H32N2O5. The molecule has 2 aliphatic rings. The molecule has 0 saturated heterocycles. The van der Waals surface area contributed by atoms with E-state index < -0.39 is 18.1 Å². The van der Waals surface area contributed by atoms with E-state index in [0.29, 0.717) is 25.3 Å². The molecule has 1 unspecified atom stereocenters. The minimum atomic E-state index is -1.01. The number of benzene rings is 2. The van der Waals surface area contributed by atoms with Crippen LogP contribution in [-0.2, 0) is 14.3 Å². The number of aliphatic carboxylic acids is 1. The molecule has 0 aromatic heterocycles. The smallest absolute Gasteiger partial charge is 0.407 e. The number of amides is 2. The summed E-state index contributed by atoms with van der Waals surface area (Å²) in [5.41, 5.74) is 4.65. The number of carbonyl (C=O) groups is 3. The first-order valence-corrected chi connectivity index (χ1v) is 12.0. The molecule has 3 atom stereocenters. The molecule has 1 saturated carbocycles. The molecular weight excluding hydrogens is 432 g/mol. The monoisotopic (exact) mass is 464 g/mol. The molecule has 3 N–H and O–H groups in total. The third-order valence-corrected chi connectivity index (χ3v) is 6.76. The van der Waals surface area contributed by atoms with Crippen LogP contribution in [0.2, 0.25) is 0 Å². The molecule has 0 heterocycles. The Balaban J connectivity index is 1.23. The molecule has 0 radical (unpaired) electrons. The fourth-order valence-corrected chi connectivity index (χ4v) is 4.69. The van der Waals surface area contributed by atoms with Crippen LogP contribution in [0.25, 0.3) is 11.1 Å². The fourth-order valence-electron chi connectivity index (χ4n) is 4.69. The molecule has 2 aromatic rings. The van der Waals surface area contributed by atoms with Gasteiger partial charge in [0.2, 0.25) is 5.91 Å². The Bertz CT molecular complexity index is 1020. The van der Waals surface area contributed by atoms with Crippen molar-refractivity contribution in [2.45, 2.75) is 45.1 Å². The molecule has 2 aliphatic carbocycles. The van der Waals surface area contributed by atoms with Gasteiger partial charge in [0.05, 0.1) is 0 Å². The van der Waals surface area contributed by atoms with E-state index in [1.807, 2.05) is 38.1 Å². The zero-order valence-corrected chi connectivity index (χ0v) is 19.6. The summed E-state index contributed by atoms with van der Waals surface area (Å²) in [5, 5.41) is 14.8. The maximum atomic E-state index is 12.4. The second-order valence-electron chi connectivity index (χ2n) is 9.68. The second kappa shape index (κ2) is 10.3. The minimum Gasteiger partial charge on any atom is -0.480 e. The van der Waals surface area contributed by atoms with E-state index in [9.17, 15) is 19.5 Å². The number of carboxylic acids is 1. The maximum Gasteiger partial charge on any atom is 0.407 e. The van der Waals surface area contributed by atoms with E-state index in [1.54, 1.807) is 0 Å².